The van der Waals surface area contributed by atoms with Gasteiger partial charge in [0.15, 0.2) is 5.76 Å². The van der Waals surface area contributed by atoms with Gasteiger partial charge in [0.05, 0.1) is 12.4 Å². The standard InChI is InChI=1S/C16H18N2O3/c1-20-14-8-9-18(11-14)13-6-4-12(5-7-13)17-16(19)15-3-2-10-21-15/h2-7,10,14H,8-9,11H2,1H3,(H,17,19). The maximum Gasteiger partial charge on any atom is 0.291 e. The monoisotopic (exact) mass is 286 g/mol. The summed E-state index contributed by atoms with van der Waals surface area (Å²) in [7, 11) is 1.75. The molecule has 110 valence electrons. The second kappa shape index (κ2) is 6.01. The molecule has 0 spiro atoms. The molecule has 0 aliphatic carbocycles. The first-order chi connectivity index (χ1) is 10.3. The average Bonchev–Trinajstić information content (AvgIpc) is 3.19. The van der Waals surface area contributed by atoms with Crippen LogP contribution in [0.2, 0.25) is 0 Å². The molecule has 0 saturated carbocycles. The van der Waals surface area contributed by atoms with Crippen molar-refractivity contribution in [3.8, 4) is 0 Å². The summed E-state index contributed by atoms with van der Waals surface area (Å²) in [5.74, 6) is 0.0647. The van der Waals surface area contributed by atoms with Crippen molar-refractivity contribution in [2.75, 3.05) is 30.4 Å². The van der Waals surface area contributed by atoms with E-state index in [1.54, 1.807) is 19.2 Å². The lowest BCUT2D eigenvalue weighted by Gasteiger charge is -2.18. The van der Waals surface area contributed by atoms with Gasteiger partial charge in [-0.2, -0.15) is 0 Å². The van der Waals surface area contributed by atoms with Crippen molar-refractivity contribution in [1.82, 2.24) is 0 Å². The Labute approximate surface area is 123 Å². The highest BCUT2D eigenvalue weighted by atomic mass is 16.5. The number of methoxy groups -OCH3 is 1. The minimum Gasteiger partial charge on any atom is -0.459 e. The minimum absolute atomic E-state index is 0.242. The molecule has 3 rings (SSSR count). The van der Waals surface area contributed by atoms with Crippen LogP contribution >= 0.6 is 0 Å². The van der Waals surface area contributed by atoms with Crippen LogP contribution in [-0.4, -0.2) is 32.2 Å². The fraction of sp³-hybridized carbons (Fsp3) is 0.312. The molecule has 2 heterocycles. The van der Waals surface area contributed by atoms with E-state index in [0.29, 0.717) is 11.9 Å². The lowest BCUT2D eigenvalue weighted by molar-refractivity contribution is 0.0996. The molecule has 0 bridgehead atoms. The molecule has 1 atom stereocenters. The van der Waals surface area contributed by atoms with Crippen LogP contribution in [0.5, 0.6) is 0 Å². The summed E-state index contributed by atoms with van der Waals surface area (Å²) in [4.78, 5) is 14.2. The molecule has 0 radical (unpaired) electrons. The molecular formula is C16H18N2O3. The quantitative estimate of drug-likeness (QED) is 0.939. The molecule has 21 heavy (non-hydrogen) atoms. The predicted molar refractivity (Wildman–Crippen MR) is 80.7 cm³/mol. The molecule has 2 aromatic rings. The van der Waals surface area contributed by atoms with Gasteiger partial charge in [0, 0.05) is 31.6 Å². The Morgan fingerprint density at radius 2 is 2.14 bits per heavy atom. The van der Waals surface area contributed by atoms with Crippen molar-refractivity contribution >= 4 is 17.3 Å². The van der Waals surface area contributed by atoms with Crippen molar-refractivity contribution < 1.29 is 13.9 Å². The van der Waals surface area contributed by atoms with Crippen molar-refractivity contribution in [1.29, 1.82) is 0 Å². The predicted octanol–water partition coefficient (Wildman–Crippen LogP) is 2.76. The van der Waals surface area contributed by atoms with Gasteiger partial charge in [-0.1, -0.05) is 0 Å². The number of carbonyl (C=O) groups is 1. The summed E-state index contributed by atoms with van der Waals surface area (Å²) in [6, 6.07) is 11.1. The van der Waals surface area contributed by atoms with Gasteiger partial charge in [0.25, 0.3) is 5.91 Å². The summed E-state index contributed by atoms with van der Waals surface area (Å²) >= 11 is 0. The van der Waals surface area contributed by atoms with Gasteiger partial charge in [-0.3, -0.25) is 4.79 Å². The van der Waals surface area contributed by atoms with Crippen LogP contribution in [0.1, 0.15) is 17.0 Å². The largest absolute Gasteiger partial charge is 0.459 e. The number of nitrogens with one attached hydrogen (secondary N) is 1. The van der Waals surface area contributed by atoms with Gasteiger partial charge < -0.3 is 19.4 Å². The highest BCUT2D eigenvalue weighted by Gasteiger charge is 2.22. The van der Waals surface area contributed by atoms with Crippen LogP contribution in [0.25, 0.3) is 0 Å². The highest BCUT2D eigenvalue weighted by molar-refractivity contribution is 6.02. The van der Waals surface area contributed by atoms with Crippen LogP contribution in [-0.2, 0) is 4.74 Å². The molecule has 1 aromatic heterocycles. The van der Waals surface area contributed by atoms with Crippen molar-refractivity contribution in [2.24, 2.45) is 0 Å². The summed E-state index contributed by atoms with van der Waals surface area (Å²) in [6.45, 7) is 1.91. The molecule has 1 aliphatic rings. The molecule has 1 unspecified atom stereocenters. The van der Waals surface area contributed by atoms with E-state index in [4.69, 9.17) is 9.15 Å². The van der Waals surface area contributed by atoms with Crippen LogP contribution in [0.15, 0.2) is 47.1 Å². The molecule has 5 nitrogen and oxygen atoms in total. The van der Waals surface area contributed by atoms with Gasteiger partial charge in [-0.25, -0.2) is 0 Å². The lowest BCUT2D eigenvalue weighted by Crippen LogP contribution is -2.22. The Hall–Kier alpha value is -2.27. The second-order valence-corrected chi connectivity index (χ2v) is 5.07. The van der Waals surface area contributed by atoms with E-state index < -0.39 is 0 Å². The third kappa shape index (κ3) is 3.08. The number of carbonyl (C=O) groups excluding carboxylic acids is 1. The first kappa shape index (κ1) is 13.7. The Kier molecular flexibility index (Phi) is 3.92. The fourth-order valence-electron chi connectivity index (χ4n) is 2.51. The topological polar surface area (TPSA) is 54.7 Å². The van der Waals surface area contributed by atoms with Gasteiger partial charge in [0.1, 0.15) is 0 Å². The van der Waals surface area contributed by atoms with E-state index in [0.717, 1.165) is 30.9 Å². The Balaban J connectivity index is 1.63. The van der Waals surface area contributed by atoms with Crippen LogP contribution in [0, 0.1) is 0 Å². The van der Waals surface area contributed by atoms with Crippen LogP contribution in [0.3, 0.4) is 0 Å². The third-order valence-corrected chi connectivity index (χ3v) is 3.71. The lowest BCUT2D eigenvalue weighted by atomic mass is 10.2. The molecule has 1 aromatic carbocycles. The third-order valence-electron chi connectivity index (χ3n) is 3.71. The summed E-state index contributed by atoms with van der Waals surface area (Å²) in [5.41, 5.74) is 1.90. The number of amides is 1. The smallest absolute Gasteiger partial charge is 0.291 e. The number of benzene rings is 1. The SMILES string of the molecule is COC1CCN(c2ccc(NC(=O)c3ccco3)cc2)C1. The zero-order valence-corrected chi connectivity index (χ0v) is 11.9. The molecule has 1 amide bonds. The van der Waals surface area contributed by atoms with E-state index in [9.17, 15) is 4.79 Å². The van der Waals surface area contributed by atoms with E-state index in [1.165, 1.54) is 6.26 Å². The number of nitrogens with zero attached hydrogens (tertiary/aromatic N) is 1. The maximum atomic E-state index is 11.9. The van der Waals surface area contributed by atoms with Gasteiger partial charge in [-0.05, 0) is 42.8 Å². The molecular weight excluding hydrogens is 268 g/mol. The van der Waals surface area contributed by atoms with Gasteiger partial charge >= 0.3 is 0 Å². The van der Waals surface area contributed by atoms with E-state index in [2.05, 4.69) is 10.2 Å². The van der Waals surface area contributed by atoms with E-state index in [1.807, 2.05) is 24.3 Å². The molecule has 5 heteroatoms. The summed E-state index contributed by atoms with van der Waals surface area (Å²) in [5, 5.41) is 2.81. The van der Waals surface area contributed by atoms with Crippen molar-refractivity contribution in [3.05, 3.63) is 48.4 Å². The zero-order valence-electron chi connectivity index (χ0n) is 11.9. The number of anilines is 2. The van der Waals surface area contributed by atoms with Crippen LogP contribution < -0.4 is 10.2 Å². The first-order valence-electron chi connectivity index (χ1n) is 6.99. The van der Waals surface area contributed by atoms with Gasteiger partial charge in [0.2, 0.25) is 0 Å². The Bertz CT molecular complexity index is 592. The fourth-order valence-corrected chi connectivity index (χ4v) is 2.51. The Morgan fingerprint density at radius 1 is 1.33 bits per heavy atom. The zero-order chi connectivity index (χ0) is 14.7. The summed E-state index contributed by atoms with van der Waals surface area (Å²) in [6.07, 6.45) is 2.84. The number of hydrogen-bond donors (Lipinski definition) is 1. The average molecular weight is 286 g/mol. The highest BCUT2D eigenvalue weighted by Crippen LogP contribution is 2.23. The van der Waals surface area contributed by atoms with Crippen LogP contribution in [0.4, 0.5) is 11.4 Å². The summed E-state index contributed by atoms with van der Waals surface area (Å²) < 4.78 is 10.4. The maximum absolute atomic E-state index is 11.9. The van der Waals surface area contributed by atoms with Gasteiger partial charge in [-0.15, -0.1) is 0 Å². The number of furan rings is 1. The number of rotatable bonds is 4. The van der Waals surface area contributed by atoms with E-state index in [-0.39, 0.29) is 5.91 Å². The molecule has 1 fully saturated rings. The number of hydrogen-bond acceptors (Lipinski definition) is 4. The van der Waals surface area contributed by atoms with Crippen molar-refractivity contribution in [2.45, 2.75) is 12.5 Å². The molecule has 1 saturated heterocycles. The van der Waals surface area contributed by atoms with E-state index >= 15 is 0 Å². The minimum atomic E-state index is -0.242. The number of ether oxygens (including phenoxy) is 1. The molecule has 1 N–H and O–H groups in total. The normalized spacial score (nSPS) is 18.0. The van der Waals surface area contributed by atoms with Crippen molar-refractivity contribution in [3.63, 3.8) is 0 Å². The molecule has 1 aliphatic heterocycles. The second-order valence-electron chi connectivity index (χ2n) is 5.07. The Morgan fingerprint density at radius 3 is 2.76 bits per heavy atom. The first-order valence-corrected chi connectivity index (χ1v) is 6.99.